The predicted octanol–water partition coefficient (Wildman–Crippen LogP) is 2.54. The monoisotopic (exact) mass is 368 g/mol. The Hall–Kier alpha value is -2.41. The third kappa shape index (κ3) is 2.81. The fraction of sp³-hybridized carbons (Fsp3) is 0.550. The van der Waals surface area contributed by atoms with Gasteiger partial charge in [0.05, 0.1) is 18.6 Å². The standard InChI is InChI=1S/C20H24N4O3/c25-19(23-9-11-26-12-10-23)24-13-16-7-4-8-20(16,14-24)18-21-17(27-22-18)15-5-2-1-3-6-15/h1-3,5-6,16H,4,7-14H2. The van der Waals surface area contributed by atoms with E-state index in [1.54, 1.807) is 0 Å². The lowest BCUT2D eigenvalue weighted by molar-refractivity contribution is 0.0444. The lowest BCUT2D eigenvalue weighted by Gasteiger charge is -2.32. The molecule has 0 radical (unpaired) electrons. The van der Waals surface area contributed by atoms with Crippen LogP contribution in [0.25, 0.3) is 11.5 Å². The van der Waals surface area contributed by atoms with Crippen LogP contribution in [0, 0.1) is 5.92 Å². The fourth-order valence-electron chi connectivity index (χ4n) is 4.88. The predicted molar refractivity (Wildman–Crippen MR) is 98.1 cm³/mol. The molecule has 2 unspecified atom stereocenters. The minimum Gasteiger partial charge on any atom is -0.378 e. The lowest BCUT2D eigenvalue weighted by Crippen LogP contribution is -2.48. The molecule has 27 heavy (non-hydrogen) atoms. The zero-order valence-electron chi connectivity index (χ0n) is 15.3. The summed E-state index contributed by atoms with van der Waals surface area (Å²) in [5, 5.41) is 4.36. The van der Waals surface area contributed by atoms with Crippen LogP contribution in [-0.2, 0) is 10.2 Å². The second-order valence-corrected chi connectivity index (χ2v) is 7.80. The zero-order valence-corrected chi connectivity index (χ0v) is 15.3. The molecule has 142 valence electrons. The molecule has 1 aromatic heterocycles. The normalized spacial score (nSPS) is 27.8. The first kappa shape index (κ1) is 16.7. The van der Waals surface area contributed by atoms with Gasteiger partial charge in [-0.2, -0.15) is 4.98 Å². The van der Waals surface area contributed by atoms with Gasteiger partial charge in [-0.3, -0.25) is 0 Å². The summed E-state index contributed by atoms with van der Waals surface area (Å²) < 4.78 is 11.0. The van der Waals surface area contributed by atoms with Crippen LogP contribution >= 0.6 is 0 Å². The Morgan fingerprint density at radius 3 is 2.78 bits per heavy atom. The van der Waals surface area contributed by atoms with Gasteiger partial charge in [-0.1, -0.05) is 29.8 Å². The summed E-state index contributed by atoms with van der Waals surface area (Å²) in [5.41, 5.74) is 0.764. The van der Waals surface area contributed by atoms with Gasteiger partial charge in [-0.05, 0) is 30.9 Å². The number of amides is 2. The van der Waals surface area contributed by atoms with Gasteiger partial charge >= 0.3 is 6.03 Å². The first-order valence-corrected chi connectivity index (χ1v) is 9.77. The van der Waals surface area contributed by atoms with Crippen LogP contribution in [0.15, 0.2) is 34.9 Å². The van der Waals surface area contributed by atoms with Crippen LogP contribution in [0.5, 0.6) is 0 Å². The average molecular weight is 368 g/mol. The highest BCUT2D eigenvalue weighted by molar-refractivity contribution is 5.75. The molecule has 0 spiro atoms. The summed E-state index contributed by atoms with van der Waals surface area (Å²) in [7, 11) is 0. The van der Waals surface area contributed by atoms with Crippen molar-refractivity contribution in [1.82, 2.24) is 19.9 Å². The van der Waals surface area contributed by atoms with Gasteiger partial charge in [-0.15, -0.1) is 0 Å². The number of hydrogen-bond acceptors (Lipinski definition) is 5. The second-order valence-electron chi connectivity index (χ2n) is 7.80. The average Bonchev–Trinajstić information content (AvgIpc) is 3.43. The van der Waals surface area contributed by atoms with Gasteiger partial charge in [0.25, 0.3) is 5.89 Å². The van der Waals surface area contributed by atoms with Gasteiger partial charge in [-0.25, -0.2) is 4.79 Å². The minimum absolute atomic E-state index is 0.124. The molecule has 1 aromatic carbocycles. The maximum absolute atomic E-state index is 13.0. The molecular formula is C20H24N4O3. The van der Waals surface area contributed by atoms with E-state index < -0.39 is 0 Å². The van der Waals surface area contributed by atoms with E-state index in [1.165, 1.54) is 0 Å². The van der Waals surface area contributed by atoms with E-state index in [0.717, 1.165) is 37.2 Å². The number of aromatic nitrogens is 2. The van der Waals surface area contributed by atoms with Crippen molar-refractivity contribution in [2.75, 3.05) is 39.4 Å². The van der Waals surface area contributed by atoms with E-state index in [-0.39, 0.29) is 11.4 Å². The molecular weight excluding hydrogens is 344 g/mol. The Kier molecular flexibility index (Phi) is 4.11. The van der Waals surface area contributed by atoms with Gasteiger partial charge in [0, 0.05) is 31.7 Å². The topological polar surface area (TPSA) is 71.7 Å². The molecule has 1 aliphatic carbocycles. The molecule has 7 heteroatoms. The number of urea groups is 1. The van der Waals surface area contributed by atoms with E-state index in [2.05, 4.69) is 5.16 Å². The van der Waals surface area contributed by atoms with Crippen molar-refractivity contribution in [3.8, 4) is 11.5 Å². The third-order valence-electron chi connectivity index (χ3n) is 6.31. The Morgan fingerprint density at radius 1 is 1.15 bits per heavy atom. The zero-order chi connectivity index (χ0) is 18.3. The van der Waals surface area contributed by atoms with Crippen LogP contribution in [-0.4, -0.2) is 65.4 Å². The molecule has 2 saturated heterocycles. The maximum atomic E-state index is 13.0. The molecule has 3 heterocycles. The van der Waals surface area contributed by atoms with Crippen molar-refractivity contribution in [3.63, 3.8) is 0 Å². The first-order valence-electron chi connectivity index (χ1n) is 9.77. The third-order valence-corrected chi connectivity index (χ3v) is 6.31. The van der Waals surface area contributed by atoms with Crippen molar-refractivity contribution < 1.29 is 14.1 Å². The van der Waals surface area contributed by atoms with Crippen molar-refractivity contribution in [2.24, 2.45) is 5.92 Å². The van der Waals surface area contributed by atoms with Crippen LogP contribution in [0.4, 0.5) is 4.79 Å². The summed E-state index contributed by atoms with van der Waals surface area (Å²) in [6.45, 7) is 4.06. The molecule has 7 nitrogen and oxygen atoms in total. The Bertz CT molecular complexity index is 818. The van der Waals surface area contributed by atoms with Gasteiger partial charge in [0.2, 0.25) is 0 Å². The van der Waals surface area contributed by atoms with Gasteiger partial charge < -0.3 is 19.1 Å². The van der Waals surface area contributed by atoms with E-state index in [1.807, 2.05) is 40.1 Å². The number of benzene rings is 1. The van der Waals surface area contributed by atoms with E-state index in [9.17, 15) is 4.79 Å². The first-order chi connectivity index (χ1) is 13.3. The number of carbonyl (C=O) groups excluding carboxylic acids is 1. The van der Waals surface area contributed by atoms with Crippen LogP contribution < -0.4 is 0 Å². The van der Waals surface area contributed by atoms with Crippen LogP contribution in [0.3, 0.4) is 0 Å². The molecule has 0 bridgehead atoms. The van der Waals surface area contributed by atoms with Crippen molar-refractivity contribution in [2.45, 2.75) is 24.7 Å². The summed E-state index contributed by atoms with van der Waals surface area (Å²) in [6, 6.07) is 9.98. The fourth-order valence-corrected chi connectivity index (χ4v) is 4.88. The summed E-state index contributed by atoms with van der Waals surface area (Å²) in [5.74, 6) is 1.73. The number of fused-ring (bicyclic) bond motifs is 1. The van der Waals surface area contributed by atoms with Crippen molar-refractivity contribution in [1.29, 1.82) is 0 Å². The van der Waals surface area contributed by atoms with Crippen molar-refractivity contribution >= 4 is 6.03 Å². The summed E-state index contributed by atoms with van der Waals surface area (Å²) >= 11 is 0. The minimum atomic E-state index is -0.168. The maximum Gasteiger partial charge on any atom is 0.320 e. The molecule has 2 amide bonds. The highest BCUT2D eigenvalue weighted by atomic mass is 16.5. The SMILES string of the molecule is O=C(N1CCOCC1)N1CC2CCCC2(c2noc(-c3ccccc3)n2)C1. The molecule has 2 atom stereocenters. The Labute approximate surface area is 158 Å². The molecule has 2 aliphatic heterocycles. The molecule has 3 aliphatic rings. The number of morpholine rings is 1. The Balaban J connectivity index is 1.40. The number of likely N-dealkylation sites (tertiary alicyclic amines) is 1. The summed E-state index contributed by atoms with van der Waals surface area (Å²) in [4.78, 5) is 21.6. The van der Waals surface area contributed by atoms with E-state index in [4.69, 9.17) is 14.2 Å². The quantitative estimate of drug-likeness (QED) is 0.815. The number of rotatable bonds is 2. The van der Waals surface area contributed by atoms with Gasteiger partial charge in [0.15, 0.2) is 5.82 Å². The number of nitrogens with zero attached hydrogens (tertiary/aromatic N) is 4. The summed E-state index contributed by atoms with van der Waals surface area (Å²) in [6.07, 6.45) is 3.28. The lowest BCUT2D eigenvalue weighted by atomic mass is 9.80. The number of hydrogen-bond donors (Lipinski definition) is 0. The molecule has 5 rings (SSSR count). The molecule has 1 saturated carbocycles. The molecule has 3 fully saturated rings. The van der Waals surface area contributed by atoms with Crippen molar-refractivity contribution in [3.05, 3.63) is 36.2 Å². The smallest absolute Gasteiger partial charge is 0.320 e. The van der Waals surface area contributed by atoms with E-state index >= 15 is 0 Å². The number of carbonyl (C=O) groups is 1. The highest BCUT2D eigenvalue weighted by Gasteiger charge is 2.55. The Morgan fingerprint density at radius 2 is 1.96 bits per heavy atom. The van der Waals surface area contributed by atoms with E-state index in [0.29, 0.717) is 44.7 Å². The molecule has 0 N–H and O–H groups in total. The van der Waals surface area contributed by atoms with Crippen LogP contribution in [0.2, 0.25) is 0 Å². The van der Waals surface area contributed by atoms with Crippen LogP contribution in [0.1, 0.15) is 25.1 Å². The number of ether oxygens (including phenoxy) is 1. The van der Waals surface area contributed by atoms with Gasteiger partial charge in [0.1, 0.15) is 0 Å². The second kappa shape index (κ2) is 6.64. The largest absolute Gasteiger partial charge is 0.378 e. The highest BCUT2D eigenvalue weighted by Crippen LogP contribution is 2.50. The molecule has 2 aromatic rings.